The molecule has 2 bridgehead atoms. The first kappa shape index (κ1) is 33.6. The first-order chi connectivity index (χ1) is 21.7. The van der Waals surface area contributed by atoms with Crippen LogP contribution < -0.4 is 20.1 Å². The Morgan fingerprint density at radius 3 is 2.26 bits per heavy atom. The zero-order valence-corrected chi connectivity index (χ0v) is 26.5. The van der Waals surface area contributed by atoms with E-state index in [9.17, 15) is 36.0 Å². The molecule has 46 heavy (non-hydrogen) atoms. The van der Waals surface area contributed by atoms with Gasteiger partial charge in [-0.3, -0.25) is 14.4 Å². The van der Waals surface area contributed by atoms with Gasteiger partial charge in [-0.2, -0.15) is 13.2 Å². The summed E-state index contributed by atoms with van der Waals surface area (Å²) in [6.07, 6.45) is 4.67. The van der Waals surface area contributed by atoms with Crippen LogP contribution in [0.5, 0.6) is 11.5 Å². The second-order valence-electron chi connectivity index (χ2n) is 12.3. The molecule has 2 amide bonds. The molecule has 0 saturated heterocycles. The Bertz CT molecular complexity index is 1600. The van der Waals surface area contributed by atoms with Crippen molar-refractivity contribution < 1.29 is 50.2 Å². The molecular formula is C32H37F3N2O8S. The molecule has 4 unspecified atom stereocenters. The lowest BCUT2D eigenvalue weighted by molar-refractivity contribution is -0.147. The molecule has 0 aromatic heterocycles. The number of ether oxygens (including phenoxy) is 3. The Kier molecular flexibility index (Phi) is 9.57. The van der Waals surface area contributed by atoms with Gasteiger partial charge in [0.15, 0.2) is 0 Å². The van der Waals surface area contributed by atoms with E-state index in [4.69, 9.17) is 14.2 Å². The van der Waals surface area contributed by atoms with E-state index in [0.29, 0.717) is 43.6 Å². The Hall–Kier alpha value is -3.81. The van der Waals surface area contributed by atoms with Crippen molar-refractivity contribution in [3.05, 3.63) is 47.5 Å². The summed E-state index contributed by atoms with van der Waals surface area (Å²) in [6, 6.07) is 6.80. The molecule has 3 aliphatic carbocycles. The number of nitrogens with one attached hydrogen (secondary N) is 2. The summed E-state index contributed by atoms with van der Waals surface area (Å²) in [5.41, 5.74) is -4.60. The molecule has 3 saturated carbocycles. The second kappa shape index (κ2) is 13.1. The van der Waals surface area contributed by atoms with Gasteiger partial charge in [0.1, 0.15) is 11.5 Å². The van der Waals surface area contributed by atoms with Crippen LogP contribution in [0.4, 0.5) is 18.9 Å². The molecule has 0 radical (unpaired) electrons. The first-order valence-corrected chi connectivity index (χ1v) is 16.7. The van der Waals surface area contributed by atoms with Crippen LogP contribution in [0, 0.1) is 30.6 Å². The molecule has 3 aliphatic rings. The van der Waals surface area contributed by atoms with Gasteiger partial charge < -0.3 is 24.8 Å². The number of carbonyl (C=O) groups is 3. The van der Waals surface area contributed by atoms with E-state index in [0.717, 1.165) is 36.6 Å². The van der Waals surface area contributed by atoms with E-state index < -0.39 is 44.0 Å². The standard InChI is InChI=1S/C32H37F3N2O8S/c1-17-13-26(43-2)24(16-25(17)45-22-11-9-18(10-12-22)31(40)44-3)29(38)37-28-20-8-7-19(14-20)27(28)30(39)36-21-5-4-6-23(15-21)46(41,42)32(33,34)35/h4-6,13,15-16,18-20,22,27-28H,7-12,14H2,1-3H3,(H,36,39)(H,37,38). The van der Waals surface area contributed by atoms with Crippen molar-refractivity contribution in [1.29, 1.82) is 0 Å². The molecule has 2 N–H and O–H groups in total. The average Bonchev–Trinajstić information content (AvgIpc) is 3.63. The number of amides is 2. The molecule has 10 nitrogen and oxygen atoms in total. The van der Waals surface area contributed by atoms with Crippen LogP contribution in [-0.2, 0) is 24.2 Å². The highest BCUT2D eigenvalue weighted by molar-refractivity contribution is 7.92. The number of hydrogen-bond donors (Lipinski definition) is 2. The van der Waals surface area contributed by atoms with Crippen molar-refractivity contribution in [3.8, 4) is 11.5 Å². The third-order valence-corrected chi connectivity index (χ3v) is 11.0. The van der Waals surface area contributed by atoms with Crippen molar-refractivity contribution in [1.82, 2.24) is 5.32 Å². The zero-order valence-electron chi connectivity index (χ0n) is 25.7. The minimum Gasteiger partial charge on any atom is -0.496 e. The molecule has 0 spiro atoms. The fraction of sp³-hybridized carbons (Fsp3) is 0.531. The summed E-state index contributed by atoms with van der Waals surface area (Å²) in [7, 11) is -2.78. The number of fused-ring (bicyclic) bond motifs is 2. The lowest BCUT2D eigenvalue weighted by Crippen LogP contribution is -2.48. The van der Waals surface area contributed by atoms with Crippen molar-refractivity contribution in [2.75, 3.05) is 19.5 Å². The second-order valence-corrected chi connectivity index (χ2v) is 14.2. The van der Waals surface area contributed by atoms with Crippen LogP contribution in [0.3, 0.4) is 0 Å². The predicted octanol–water partition coefficient (Wildman–Crippen LogP) is 5.19. The highest BCUT2D eigenvalue weighted by Crippen LogP contribution is 2.49. The Morgan fingerprint density at radius 1 is 0.913 bits per heavy atom. The summed E-state index contributed by atoms with van der Waals surface area (Å²) < 4.78 is 79.7. The minimum atomic E-state index is -5.60. The molecule has 250 valence electrons. The number of sulfone groups is 1. The monoisotopic (exact) mass is 666 g/mol. The fourth-order valence-corrected chi connectivity index (χ4v) is 7.91. The van der Waals surface area contributed by atoms with Gasteiger partial charge in [0.25, 0.3) is 15.7 Å². The molecule has 0 heterocycles. The van der Waals surface area contributed by atoms with E-state index >= 15 is 0 Å². The van der Waals surface area contributed by atoms with E-state index in [-0.39, 0.29) is 41.1 Å². The molecule has 4 atom stereocenters. The van der Waals surface area contributed by atoms with E-state index in [1.54, 1.807) is 12.1 Å². The third-order valence-electron chi connectivity index (χ3n) is 9.48. The van der Waals surface area contributed by atoms with Crippen molar-refractivity contribution in [3.63, 3.8) is 0 Å². The van der Waals surface area contributed by atoms with Gasteiger partial charge in [0.05, 0.1) is 42.6 Å². The first-order valence-electron chi connectivity index (χ1n) is 15.2. The summed E-state index contributed by atoms with van der Waals surface area (Å²) in [5.74, 6) is -1.27. The SMILES string of the molecule is COC(=O)C1CCC(Oc2cc(C(=O)NC3C4CCC(C4)C3C(=O)Nc3cccc(S(=O)(=O)C(F)(F)F)c3)c(OC)cc2C)CC1. The number of rotatable bonds is 9. The van der Waals surface area contributed by atoms with E-state index in [2.05, 4.69) is 10.6 Å². The maximum absolute atomic E-state index is 13.7. The van der Waals surface area contributed by atoms with Gasteiger partial charge in [-0.25, -0.2) is 8.42 Å². The molecule has 5 rings (SSSR count). The number of hydrogen-bond acceptors (Lipinski definition) is 8. The van der Waals surface area contributed by atoms with Crippen LogP contribution in [0.15, 0.2) is 41.3 Å². The number of halogens is 3. The Balaban J connectivity index is 1.31. The van der Waals surface area contributed by atoms with Gasteiger partial charge in [-0.05, 0) is 99.6 Å². The number of methoxy groups -OCH3 is 2. The van der Waals surface area contributed by atoms with Crippen LogP contribution >= 0.6 is 0 Å². The van der Waals surface area contributed by atoms with Crippen molar-refractivity contribution >= 4 is 33.3 Å². The summed E-state index contributed by atoms with van der Waals surface area (Å²) >= 11 is 0. The van der Waals surface area contributed by atoms with Gasteiger partial charge >= 0.3 is 11.5 Å². The highest BCUT2D eigenvalue weighted by Gasteiger charge is 2.52. The quantitative estimate of drug-likeness (QED) is 0.349. The molecule has 14 heteroatoms. The van der Waals surface area contributed by atoms with Crippen LogP contribution in [0.2, 0.25) is 0 Å². The van der Waals surface area contributed by atoms with Crippen LogP contribution in [-0.4, -0.2) is 58.1 Å². The van der Waals surface area contributed by atoms with E-state index in [1.165, 1.54) is 20.3 Å². The van der Waals surface area contributed by atoms with Crippen LogP contribution in [0.1, 0.15) is 60.9 Å². The third kappa shape index (κ3) is 6.67. The highest BCUT2D eigenvalue weighted by atomic mass is 32.2. The number of aryl methyl sites for hydroxylation is 1. The van der Waals surface area contributed by atoms with Gasteiger partial charge in [-0.1, -0.05) is 6.07 Å². The predicted molar refractivity (Wildman–Crippen MR) is 160 cm³/mol. The maximum atomic E-state index is 13.7. The minimum absolute atomic E-state index is 0.0128. The molecule has 0 aliphatic heterocycles. The number of anilines is 1. The van der Waals surface area contributed by atoms with Crippen molar-refractivity contribution in [2.24, 2.45) is 23.7 Å². The Morgan fingerprint density at radius 2 is 1.61 bits per heavy atom. The molecule has 2 aromatic rings. The molecule has 2 aromatic carbocycles. The van der Waals surface area contributed by atoms with Gasteiger partial charge in [0, 0.05) is 11.7 Å². The number of esters is 1. The number of benzene rings is 2. The summed E-state index contributed by atoms with van der Waals surface area (Å²) in [5, 5.41) is 5.60. The molecular weight excluding hydrogens is 629 g/mol. The van der Waals surface area contributed by atoms with Crippen LogP contribution in [0.25, 0.3) is 0 Å². The average molecular weight is 667 g/mol. The van der Waals surface area contributed by atoms with Gasteiger partial charge in [-0.15, -0.1) is 0 Å². The fourth-order valence-electron chi connectivity index (χ4n) is 7.10. The lowest BCUT2D eigenvalue weighted by atomic mass is 9.83. The Labute approximate surface area is 265 Å². The summed E-state index contributed by atoms with van der Waals surface area (Å²) in [4.78, 5) is 38.2. The number of alkyl halides is 3. The normalized spacial score (nSPS) is 25.9. The number of carbonyl (C=O) groups excluding carboxylic acids is 3. The maximum Gasteiger partial charge on any atom is 0.501 e. The van der Waals surface area contributed by atoms with E-state index in [1.807, 2.05) is 6.92 Å². The lowest BCUT2D eigenvalue weighted by Gasteiger charge is -2.31. The topological polar surface area (TPSA) is 137 Å². The van der Waals surface area contributed by atoms with Gasteiger partial charge in [0.2, 0.25) is 5.91 Å². The smallest absolute Gasteiger partial charge is 0.496 e. The zero-order chi connectivity index (χ0) is 33.4. The summed E-state index contributed by atoms with van der Waals surface area (Å²) in [6.45, 7) is 1.84. The van der Waals surface area contributed by atoms with Crippen molar-refractivity contribution in [2.45, 2.75) is 74.4 Å². The largest absolute Gasteiger partial charge is 0.501 e. The molecule has 3 fully saturated rings.